The summed E-state index contributed by atoms with van der Waals surface area (Å²) in [6.07, 6.45) is 5.91. The van der Waals surface area contributed by atoms with Gasteiger partial charge in [0.15, 0.2) is 5.76 Å². The van der Waals surface area contributed by atoms with Gasteiger partial charge in [0.25, 0.3) is 5.91 Å². The van der Waals surface area contributed by atoms with E-state index in [9.17, 15) is 9.90 Å². The Kier molecular flexibility index (Phi) is 3.57. The largest absolute Gasteiger partial charge is 0.481 e. The van der Waals surface area contributed by atoms with Crippen LogP contribution in [-0.2, 0) is 5.60 Å². The van der Waals surface area contributed by atoms with Crippen LogP contribution in [0.3, 0.4) is 0 Å². The molecule has 2 fully saturated rings. The van der Waals surface area contributed by atoms with Gasteiger partial charge in [0.05, 0.1) is 19.0 Å². The fraction of sp³-hybridized carbons (Fsp3) is 0.444. The van der Waals surface area contributed by atoms with Crippen molar-refractivity contribution in [1.29, 1.82) is 0 Å². The number of hydrogen-bond acceptors (Lipinski definition) is 5. The van der Waals surface area contributed by atoms with Gasteiger partial charge in [-0.1, -0.05) is 0 Å². The van der Waals surface area contributed by atoms with Crippen molar-refractivity contribution in [2.24, 2.45) is 0 Å². The number of amides is 1. The van der Waals surface area contributed by atoms with Crippen molar-refractivity contribution in [3.8, 4) is 5.88 Å². The number of nitrogens with zero attached hydrogens (tertiary/aromatic N) is 2. The maximum absolute atomic E-state index is 12.7. The molecule has 6 nitrogen and oxygen atoms in total. The lowest BCUT2D eigenvalue weighted by atomic mass is 9.80. The molecule has 2 aromatic rings. The SMILES string of the molecule is COc1ncccc1C1(O)C[C@H]2CC[C@@H](C1)N2C(=O)c1ccco1. The second-order valence-electron chi connectivity index (χ2n) is 6.57. The molecule has 24 heavy (non-hydrogen) atoms. The minimum atomic E-state index is -1.02. The highest BCUT2D eigenvalue weighted by Crippen LogP contribution is 2.47. The highest BCUT2D eigenvalue weighted by molar-refractivity contribution is 5.92. The summed E-state index contributed by atoms with van der Waals surface area (Å²) in [5.41, 5.74) is -0.319. The predicted octanol–water partition coefficient (Wildman–Crippen LogP) is 2.34. The zero-order chi connectivity index (χ0) is 16.7. The number of fused-ring (bicyclic) bond motifs is 2. The Hall–Kier alpha value is -2.34. The third-order valence-electron chi connectivity index (χ3n) is 5.20. The molecule has 0 aliphatic carbocycles. The first kappa shape index (κ1) is 15.2. The molecular weight excluding hydrogens is 308 g/mol. The fourth-order valence-electron chi connectivity index (χ4n) is 4.21. The summed E-state index contributed by atoms with van der Waals surface area (Å²) < 4.78 is 10.6. The van der Waals surface area contributed by atoms with Crippen molar-refractivity contribution in [3.05, 3.63) is 48.0 Å². The molecular formula is C18H20N2O4. The Balaban J connectivity index is 1.63. The molecule has 0 aromatic carbocycles. The van der Waals surface area contributed by atoms with E-state index in [-0.39, 0.29) is 18.0 Å². The Morgan fingerprint density at radius 1 is 1.33 bits per heavy atom. The molecule has 6 heteroatoms. The van der Waals surface area contributed by atoms with Gasteiger partial charge in [-0.3, -0.25) is 4.79 Å². The maximum atomic E-state index is 12.7. The number of ether oxygens (including phenoxy) is 1. The number of rotatable bonds is 3. The van der Waals surface area contributed by atoms with Gasteiger partial charge in [-0.2, -0.15) is 0 Å². The van der Waals surface area contributed by atoms with Crippen LogP contribution in [0, 0.1) is 0 Å². The Morgan fingerprint density at radius 3 is 2.71 bits per heavy atom. The molecule has 1 N–H and O–H groups in total. The number of aliphatic hydroxyl groups is 1. The zero-order valence-corrected chi connectivity index (χ0v) is 13.5. The molecule has 3 atom stereocenters. The van der Waals surface area contributed by atoms with Gasteiger partial charge < -0.3 is 19.2 Å². The summed E-state index contributed by atoms with van der Waals surface area (Å²) in [6, 6.07) is 7.06. The molecule has 0 radical (unpaired) electrons. The summed E-state index contributed by atoms with van der Waals surface area (Å²) in [6.45, 7) is 0. The number of hydrogen-bond donors (Lipinski definition) is 1. The quantitative estimate of drug-likeness (QED) is 0.936. The fourth-order valence-corrected chi connectivity index (χ4v) is 4.21. The third-order valence-corrected chi connectivity index (χ3v) is 5.20. The molecule has 2 aliphatic heterocycles. The van der Waals surface area contributed by atoms with Gasteiger partial charge in [-0.25, -0.2) is 4.98 Å². The van der Waals surface area contributed by atoms with Crippen LogP contribution in [0.15, 0.2) is 41.1 Å². The summed E-state index contributed by atoms with van der Waals surface area (Å²) in [5, 5.41) is 11.3. The van der Waals surface area contributed by atoms with Crippen molar-refractivity contribution >= 4 is 5.91 Å². The summed E-state index contributed by atoms with van der Waals surface area (Å²) in [5.74, 6) is 0.717. The number of aromatic nitrogens is 1. The van der Waals surface area contributed by atoms with Gasteiger partial charge in [0.1, 0.15) is 0 Å². The van der Waals surface area contributed by atoms with Crippen molar-refractivity contribution < 1.29 is 19.1 Å². The van der Waals surface area contributed by atoms with E-state index in [2.05, 4.69) is 4.98 Å². The van der Waals surface area contributed by atoms with Gasteiger partial charge in [-0.05, 0) is 37.1 Å². The lowest BCUT2D eigenvalue weighted by molar-refractivity contribution is -0.0500. The molecule has 1 unspecified atom stereocenters. The molecule has 4 rings (SSSR count). The lowest BCUT2D eigenvalue weighted by Crippen LogP contribution is -2.52. The zero-order valence-electron chi connectivity index (χ0n) is 13.5. The van der Waals surface area contributed by atoms with Crippen LogP contribution in [0.1, 0.15) is 41.8 Å². The van der Waals surface area contributed by atoms with Crippen LogP contribution in [-0.4, -0.2) is 40.1 Å². The number of carbonyl (C=O) groups excluding carboxylic acids is 1. The molecule has 2 aliphatic rings. The minimum absolute atomic E-state index is 0.00346. The van der Waals surface area contributed by atoms with E-state index in [0.29, 0.717) is 30.0 Å². The molecule has 126 valence electrons. The first-order chi connectivity index (χ1) is 11.6. The highest BCUT2D eigenvalue weighted by atomic mass is 16.5. The lowest BCUT2D eigenvalue weighted by Gasteiger charge is -2.43. The van der Waals surface area contributed by atoms with Crippen molar-refractivity contribution in [2.75, 3.05) is 7.11 Å². The topological polar surface area (TPSA) is 75.8 Å². The molecule has 2 aromatic heterocycles. The normalized spacial score (nSPS) is 28.8. The molecule has 2 saturated heterocycles. The molecule has 2 bridgehead atoms. The molecule has 0 spiro atoms. The Labute approximate surface area is 140 Å². The average molecular weight is 328 g/mol. The van der Waals surface area contributed by atoms with Crippen LogP contribution in [0.2, 0.25) is 0 Å². The second-order valence-corrected chi connectivity index (χ2v) is 6.57. The summed E-state index contributed by atoms with van der Waals surface area (Å²) >= 11 is 0. The average Bonchev–Trinajstić information content (AvgIpc) is 3.22. The first-order valence-electron chi connectivity index (χ1n) is 8.20. The molecule has 1 amide bonds. The van der Waals surface area contributed by atoms with Crippen molar-refractivity contribution in [3.63, 3.8) is 0 Å². The first-order valence-corrected chi connectivity index (χ1v) is 8.20. The number of pyridine rings is 1. The Bertz CT molecular complexity index is 729. The smallest absolute Gasteiger partial charge is 0.290 e. The van der Waals surface area contributed by atoms with Crippen LogP contribution in [0.25, 0.3) is 0 Å². The molecule has 4 heterocycles. The number of carbonyl (C=O) groups is 1. The summed E-state index contributed by atoms with van der Waals surface area (Å²) in [4.78, 5) is 18.8. The van der Waals surface area contributed by atoms with Gasteiger partial charge >= 0.3 is 0 Å². The number of methoxy groups -OCH3 is 1. The van der Waals surface area contributed by atoms with Crippen LogP contribution < -0.4 is 4.74 Å². The van der Waals surface area contributed by atoms with E-state index in [1.807, 2.05) is 11.0 Å². The standard InChI is InChI=1S/C18H20N2O4/c1-23-16-14(4-2-8-19-16)18(22)10-12-6-7-13(11-18)20(12)17(21)15-5-3-9-24-15/h2-5,8-9,12-13,22H,6-7,10-11H2,1H3/t12-,13+,18?. The number of furan rings is 1. The monoisotopic (exact) mass is 328 g/mol. The number of piperidine rings is 1. The van der Waals surface area contributed by atoms with E-state index in [4.69, 9.17) is 9.15 Å². The van der Waals surface area contributed by atoms with E-state index in [1.54, 1.807) is 31.5 Å². The van der Waals surface area contributed by atoms with E-state index in [1.165, 1.54) is 6.26 Å². The van der Waals surface area contributed by atoms with Gasteiger partial charge in [0.2, 0.25) is 5.88 Å². The highest BCUT2D eigenvalue weighted by Gasteiger charge is 2.51. The van der Waals surface area contributed by atoms with E-state index >= 15 is 0 Å². The Morgan fingerprint density at radius 2 is 2.08 bits per heavy atom. The maximum Gasteiger partial charge on any atom is 0.290 e. The van der Waals surface area contributed by atoms with Gasteiger partial charge in [-0.15, -0.1) is 0 Å². The third kappa shape index (κ3) is 2.29. The van der Waals surface area contributed by atoms with Gasteiger partial charge in [0, 0.05) is 36.7 Å². The van der Waals surface area contributed by atoms with Crippen LogP contribution >= 0.6 is 0 Å². The molecule has 0 saturated carbocycles. The van der Waals surface area contributed by atoms with E-state index < -0.39 is 5.60 Å². The summed E-state index contributed by atoms with van der Waals surface area (Å²) in [7, 11) is 1.55. The van der Waals surface area contributed by atoms with Crippen molar-refractivity contribution in [2.45, 2.75) is 43.4 Å². The minimum Gasteiger partial charge on any atom is -0.481 e. The predicted molar refractivity (Wildman–Crippen MR) is 85.6 cm³/mol. The van der Waals surface area contributed by atoms with Crippen LogP contribution in [0.5, 0.6) is 5.88 Å². The van der Waals surface area contributed by atoms with Crippen LogP contribution in [0.4, 0.5) is 0 Å². The second kappa shape index (κ2) is 5.63. The van der Waals surface area contributed by atoms with E-state index in [0.717, 1.165) is 12.8 Å². The van der Waals surface area contributed by atoms with Crippen molar-refractivity contribution in [1.82, 2.24) is 9.88 Å².